The number of aryl methyl sites for hydroxylation is 6. The summed E-state index contributed by atoms with van der Waals surface area (Å²) in [5.74, 6) is 0. The number of hydrogen-bond acceptors (Lipinski definition) is 1. The third-order valence-corrected chi connectivity index (χ3v) is 5.79. The molecule has 0 unspecified atom stereocenters. The fourth-order valence-electron chi connectivity index (χ4n) is 4.73. The molecule has 4 aromatic rings. The summed E-state index contributed by atoms with van der Waals surface area (Å²) in [6.07, 6.45) is 4.29. The first-order valence-electron chi connectivity index (χ1n) is 10.9. The van der Waals surface area contributed by atoms with Crippen LogP contribution in [-0.2, 0) is 6.54 Å². The molecule has 4 rings (SSSR count). The van der Waals surface area contributed by atoms with Crippen LogP contribution in [0.5, 0.6) is 0 Å². The molecule has 31 heavy (non-hydrogen) atoms. The highest BCUT2D eigenvalue weighted by molar-refractivity contribution is 5.52. The molecule has 0 aliphatic carbocycles. The maximum Gasteiger partial charge on any atom is 0.214 e. The molecule has 0 aliphatic rings. The van der Waals surface area contributed by atoms with Crippen molar-refractivity contribution in [2.45, 2.75) is 48.1 Å². The summed E-state index contributed by atoms with van der Waals surface area (Å²) < 4.78 is 4.48. The first kappa shape index (κ1) is 20.9. The molecule has 0 fully saturated rings. The predicted octanol–water partition coefficient (Wildman–Crippen LogP) is 6.22. The SMILES string of the molecule is Cc1cc(C)c(-n2ccn(-c3c(C)cc(C)cc3C)c2=NCc2ccccc2)c(C)c1. The van der Waals surface area contributed by atoms with Gasteiger partial charge in [-0.1, -0.05) is 65.7 Å². The number of hydrogen-bond donors (Lipinski definition) is 0. The first-order chi connectivity index (χ1) is 14.8. The van der Waals surface area contributed by atoms with Crippen molar-refractivity contribution in [1.29, 1.82) is 0 Å². The fraction of sp³-hybridized carbons (Fsp3) is 0.250. The van der Waals surface area contributed by atoms with Gasteiger partial charge >= 0.3 is 0 Å². The highest BCUT2D eigenvalue weighted by atomic mass is 15.2. The number of imidazole rings is 1. The number of benzene rings is 3. The summed E-state index contributed by atoms with van der Waals surface area (Å²) >= 11 is 0. The monoisotopic (exact) mass is 409 g/mol. The Morgan fingerprint density at radius 1 is 0.613 bits per heavy atom. The van der Waals surface area contributed by atoms with Gasteiger partial charge in [0.25, 0.3) is 0 Å². The van der Waals surface area contributed by atoms with Crippen LogP contribution in [0.1, 0.15) is 38.9 Å². The molecule has 0 N–H and O–H groups in total. The molecule has 0 spiro atoms. The van der Waals surface area contributed by atoms with E-state index in [1.165, 1.54) is 50.3 Å². The second-order valence-electron chi connectivity index (χ2n) is 8.63. The lowest BCUT2D eigenvalue weighted by molar-refractivity contribution is 0.801. The van der Waals surface area contributed by atoms with E-state index in [9.17, 15) is 0 Å². The molecule has 0 amide bonds. The molecule has 1 aromatic heterocycles. The molecule has 0 radical (unpaired) electrons. The van der Waals surface area contributed by atoms with Crippen LogP contribution in [0.15, 0.2) is 72.0 Å². The van der Waals surface area contributed by atoms with Crippen LogP contribution < -0.4 is 5.62 Å². The van der Waals surface area contributed by atoms with Crippen LogP contribution in [-0.4, -0.2) is 9.13 Å². The number of aromatic nitrogens is 2. The summed E-state index contributed by atoms with van der Waals surface area (Å²) in [5, 5.41) is 0. The van der Waals surface area contributed by atoms with Gasteiger partial charge in [-0.15, -0.1) is 0 Å². The maximum absolute atomic E-state index is 5.12. The second-order valence-corrected chi connectivity index (χ2v) is 8.63. The molecule has 0 aliphatic heterocycles. The normalized spacial score (nSPS) is 11.0. The van der Waals surface area contributed by atoms with Crippen molar-refractivity contribution in [3.05, 3.63) is 112 Å². The average Bonchev–Trinajstić information content (AvgIpc) is 3.08. The van der Waals surface area contributed by atoms with Gasteiger partial charge in [0.2, 0.25) is 5.62 Å². The van der Waals surface area contributed by atoms with Crippen molar-refractivity contribution >= 4 is 0 Å². The summed E-state index contributed by atoms with van der Waals surface area (Å²) in [6, 6.07) is 19.4. The molecule has 158 valence electrons. The van der Waals surface area contributed by atoms with Crippen LogP contribution in [0.2, 0.25) is 0 Å². The van der Waals surface area contributed by atoms with E-state index >= 15 is 0 Å². The van der Waals surface area contributed by atoms with Gasteiger partial charge in [-0.3, -0.25) is 9.13 Å². The van der Waals surface area contributed by atoms with E-state index in [0.29, 0.717) is 6.54 Å². The van der Waals surface area contributed by atoms with Crippen LogP contribution in [0.25, 0.3) is 11.4 Å². The first-order valence-corrected chi connectivity index (χ1v) is 10.9. The zero-order chi connectivity index (χ0) is 22.1. The van der Waals surface area contributed by atoms with Gasteiger partial charge in [0.05, 0.1) is 17.9 Å². The quantitative estimate of drug-likeness (QED) is 0.382. The smallest absolute Gasteiger partial charge is 0.214 e. The van der Waals surface area contributed by atoms with Crippen molar-refractivity contribution in [1.82, 2.24) is 9.13 Å². The lowest BCUT2D eigenvalue weighted by Gasteiger charge is -2.15. The number of rotatable bonds is 4. The van der Waals surface area contributed by atoms with Gasteiger partial charge in [-0.25, -0.2) is 4.99 Å². The average molecular weight is 410 g/mol. The van der Waals surface area contributed by atoms with Crippen molar-refractivity contribution < 1.29 is 0 Å². The van der Waals surface area contributed by atoms with E-state index in [1.54, 1.807) is 0 Å². The minimum atomic E-state index is 0.638. The summed E-state index contributed by atoms with van der Waals surface area (Å²) in [4.78, 5) is 5.12. The van der Waals surface area contributed by atoms with Gasteiger partial charge in [0.1, 0.15) is 0 Å². The van der Waals surface area contributed by atoms with Crippen molar-refractivity contribution in [2.24, 2.45) is 4.99 Å². The van der Waals surface area contributed by atoms with Crippen LogP contribution >= 0.6 is 0 Å². The van der Waals surface area contributed by atoms with Crippen LogP contribution in [0.3, 0.4) is 0 Å². The molecule has 0 atom stereocenters. The van der Waals surface area contributed by atoms with E-state index in [0.717, 1.165) is 5.62 Å². The summed E-state index contributed by atoms with van der Waals surface area (Å²) in [5.41, 5.74) is 12.2. The van der Waals surface area contributed by atoms with Crippen molar-refractivity contribution in [3.63, 3.8) is 0 Å². The Labute approximate surface area is 185 Å². The Morgan fingerprint density at radius 3 is 1.45 bits per heavy atom. The van der Waals surface area contributed by atoms with Gasteiger partial charge in [-0.2, -0.15) is 0 Å². The largest absolute Gasteiger partial charge is 0.285 e. The third kappa shape index (κ3) is 4.13. The molecule has 0 saturated heterocycles. The molecular weight excluding hydrogens is 378 g/mol. The van der Waals surface area contributed by atoms with Gasteiger partial charge in [0.15, 0.2) is 0 Å². The molecule has 3 heteroatoms. The Morgan fingerprint density at radius 2 is 1.03 bits per heavy atom. The minimum absolute atomic E-state index is 0.638. The van der Waals surface area contributed by atoms with E-state index < -0.39 is 0 Å². The van der Waals surface area contributed by atoms with E-state index in [4.69, 9.17) is 4.99 Å². The van der Waals surface area contributed by atoms with Gasteiger partial charge in [-0.05, 0) is 69.4 Å². The molecule has 3 aromatic carbocycles. The topological polar surface area (TPSA) is 22.2 Å². The summed E-state index contributed by atoms with van der Waals surface area (Å²) in [6.45, 7) is 13.7. The highest BCUT2D eigenvalue weighted by Gasteiger charge is 2.14. The third-order valence-electron chi connectivity index (χ3n) is 5.79. The van der Waals surface area contributed by atoms with Crippen molar-refractivity contribution in [2.75, 3.05) is 0 Å². The zero-order valence-electron chi connectivity index (χ0n) is 19.4. The molecule has 0 bridgehead atoms. The Kier molecular flexibility index (Phi) is 5.69. The molecule has 1 heterocycles. The molecule has 0 saturated carbocycles. The van der Waals surface area contributed by atoms with Gasteiger partial charge in [0, 0.05) is 12.4 Å². The van der Waals surface area contributed by atoms with Crippen molar-refractivity contribution in [3.8, 4) is 11.4 Å². The van der Waals surface area contributed by atoms with Crippen LogP contribution in [0, 0.1) is 41.5 Å². The Bertz CT molecular complexity index is 1180. The van der Waals surface area contributed by atoms with E-state index in [2.05, 4.69) is 112 Å². The fourth-order valence-corrected chi connectivity index (χ4v) is 4.73. The Hall–Kier alpha value is -3.33. The standard InChI is InChI=1S/C28H31N3/c1-19-14-21(3)26(22(4)15-19)30-12-13-31(27-23(5)16-20(2)17-24(27)6)28(30)29-18-25-10-8-7-9-11-25/h7-17H,18H2,1-6H3. The predicted molar refractivity (Wildman–Crippen MR) is 129 cm³/mol. The maximum atomic E-state index is 5.12. The molecule has 3 nitrogen and oxygen atoms in total. The summed E-state index contributed by atoms with van der Waals surface area (Å²) in [7, 11) is 0. The lowest BCUT2D eigenvalue weighted by Crippen LogP contribution is -2.26. The zero-order valence-corrected chi connectivity index (χ0v) is 19.4. The molecular formula is C28H31N3. The van der Waals surface area contributed by atoms with E-state index in [-0.39, 0.29) is 0 Å². The number of nitrogens with zero attached hydrogens (tertiary/aromatic N) is 3. The van der Waals surface area contributed by atoms with Gasteiger partial charge < -0.3 is 0 Å². The minimum Gasteiger partial charge on any atom is -0.285 e. The van der Waals surface area contributed by atoms with E-state index in [1.807, 2.05) is 6.07 Å². The lowest BCUT2D eigenvalue weighted by atomic mass is 10.0. The second kappa shape index (κ2) is 8.43. The van der Waals surface area contributed by atoms with Crippen LogP contribution in [0.4, 0.5) is 0 Å². The highest BCUT2D eigenvalue weighted by Crippen LogP contribution is 2.23. The Balaban J connectivity index is 1.98.